The van der Waals surface area contributed by atoms with Gasteiger partial charge in [-0.3, -0.25) is 0 Å². The predicted octanol–water partition coefficient (Wildman–Crippen LogP) is 3.18. The van der Waals surface area contributed by atoms with Gasteiger partial charge in [0.25, 0.3) is 0 Å². The van der Waals surface area contributed by atoms with E-state index in [-0.39, 0.29) is 12.6 Å². The molecule has 3 aromatic rings. The Morgan fingerprint density at radius 1 is 1.19 bits per heavy atom. The fourth-order valence-corrected chi connectivity index (χ4v) is 3.59. The van der Waals surface area contributed by atoms with Gasteiger partial charge in [-0.1, -0.05) is 18.6 Å². The van der Waals surface area contributed by atoms with Crippen LogP contribution >= 0.6 is 0 Å². The van der Waals surface area contributed by atoms with Gasteiger partial charge < -0.3 is 26.2 Å². The summed E-state index contributed by atoms with van der Waals surface area (Å²) in [5, 5.41) is 22.0. The van der Waals surface area contributed by atoms with Gasteiger partial charge in [-0.25, -0.2) is 9.67 Å². The van der Waals surface area contributed by atoms with Crippen molar-refractivity contribution in [3.63, 3.8) is 0 Å². The maximum atomic E-state index is 9.92. The number of hydrogen-bond donors (Lipinski definition) is 4. The number of fused-ring (bicyclic) bond motifs is 1. The van der Waals surface area contributed by atoms with Gasteiger partial charge in [-0.2, -0.15) is 5.10 Å². The molecule has 1 aromatic carbocycles. The number of rotatable bonds is 13. The lowest BCUT2D eigenvalue weighted by atomic mass is 10.1. The van der Waals surface area contributed by atoms with Crippen molar-refractivity contribution in [2.75, 3.05) is 38.6 Å². The molecule has 1 atom stereocenters. The van der Waals surface area contributed by atoms with Crippen molar-refractivity contribution in [3.8, 4) is 17.0 Å². The Morgan fingerprint density at radius 3 is 2.78 bits per heavy atom. The second-order valence-electron chi connectivity index (χ2n) is 8.30. The van der Waals surface area contributed by atoms with Crippen LogP contribution in [0.5, 0.6) is 5.75 Å². The molecule has 0 aliphatic carbocycles. The van der Waals surface area contributed by atoms with Crippen LogP contribution in [0.3, 0.4) is 0 Å². The van der Waals surface area contributed by atoms with Gasteiger partial charge in [0.2, 0.25) is 0 Å². The van der Waals surface area contributed by atoms with E-state index in [4.69, 9.17) is 15.5 Å². The quantitative estimate of drug-likeness (QED) is 0.302. The van der Waals surface area contributed by atoms with Crippen molar-refractivity contribution in [1.82, 2.24) is 20.1 Å². The third-order valence-electron chi connectivity index (χ3n) is 5.26. The van der Waals surface area contributed by atoms with Crippen molar-refractivity contribution in [2.45, 2.75) is 45.3 Å². The molecule has 0 spiro atoms. The number of hydrogen-bond acceptors (Lipinski definition) is 7. The first-order valence-electron chi connectivity index (χ1n) is 11.4. The number of nitrogens with one attached hydrogen (secondary N) is 2. The second kappa shape index (κ2) is 11.8. The van der Waals surface area contributed by atoms with Crippen LogP contribution in [0.25, 0.3) is 22.3 Å². The number of aliphatic hydroxyl groups is 1. The highest BCUT2D eigenvalue weighted by Crippen LogP contribution is 2.31. The highest BCUT2D eigenvalue weighted by atomic mass is 16.5. The summed E-state index contributed by atoms with van der Waals surface area (Å²) >= 11 is 0. The lowest BCUT2D eigenvalue weighted by Crippen LogP contribution is -2.29. The van der Waals surface area contributed by atoms with E-state index in [1.807, 2.05) is 35.1 Å². The van der Waals surface area contributed by atoms with E-state index < -0.39 is 6.10 Å². The van der Waals surface area contributed by atoms with Crippen molar-refractivity contribution in [1.29, 1.82) is 0 Å². The molecule has 0 amide bonds. The molecule has 0 aliphatic heterocycles. The molecule has 174 valence electrons. The molecule has 2 aromatic heterocycles. The molecule has 0 aliphatic rings. The van der Waals surface area contributed by atoms with E-state index in [0.29, 0.717) is 12.3 Å². The Labute approximate surface area is 190 Å². The van der Waals surface area contributed by atoms with Crippen LogP contribution in [0, 0.1) is 0 Å². The van der Waals surface area contributed by atoms with E-state index in [2.05, 4.69) is 35.6 Å². The number of anilines is 1. The Kier molecular flexibility index (Phi) is 8.84. The van der Waals surface area contributed by atoms with Crippen LogP contribution in [-0.4, -0.2) is 59.3 Å². The highest BCUT2D eigenvalue weighted by Gasteiger charge is 2.14. The average Bonchev–Trinajstić information content (AvgIpc) is 3.22. The minimum Gasteiger partial charge on any atom is -0.491 e. The molecular weight excluding hydrogens is 404 g/mol. The number of pyridine rings is 1. The smallest absolute Gasteiger partial charge is 0.160 e. The van der Waals surface area contributed by atoms with E-state index >= 15 is 0 Å². The third-order valence-corrected chi connectivity index (χ3v) is 5.26. The van der Waals surface area contributed by atoms with Crippen molar-refractivity contribution < 1.29 is 9.84 Å². The number of aromatic nitrogens is 3. The molecule has 0 bridgehead atoms. The molecule has 32 heavy (non-hydrogen) atoms. The van der Waals surface area contributed by atoms with Crippen LogP contribution in [-0.2, 0) is 0 Å². The first-order valence-corrected chi connectivity index (χ1v) is 11.4. The second-order valence-corrected chi connectivity index (χ2v) is 8.30. The van der Waals surface area contributed by atoms with Gasteiger partial charge in [-0.15, -0.1) is 0 Å². The summed E-state index contributed by atoms with van der Waals surface area (Å²) in [5.41, 5.74) is 9.30. The topological polar surface area (TPSA) is 110 Å². The lowest BCUT2D eigenvalue weighted by Gasteiger charge is -2.14. The van der Waals surface area contributed by atoms with Crippen LogP contribution in [0.2, 0.25) is 0 Å². The molecule has 3 rings (SSSR count). The van der Waals surface area contributed by atoms with Crippen LogP contribution in [0.4, 0.5) is 5.69 Å². The zero-order valence-corrected chi connectivity index (χ0v) is 19.3. The summed E-state index contributed by atoms with van der Waals surface area (Å²) in [5.74, 6) is 0.702. The number of benzene rings is 1. The van der Waals surface area contributed by atoms with Gasteiger partial charge in [0, 0.05) is 30.4 Å². The van der Waals surface area contributed by atoms with Crippen molar-refractivity contribution in [3.05, 3.63) is 36.5 Å². The lowest BCUT2D eigenvalue weighted by molar-refractivity contribution is 0.108. The van der Waals surface area contributed by atoms with Gasteiger partial charge in [0.1, 0.15) is 18.5 Å². The van der Waals surface area contributed by atoms with Crippen molar-refractivity contribution in [2.24, 2.45) is 5.73 Å². The molecule has 0 saturated heterocycles. The molecular formula is C24H36N6O2. The van der Waals surface area contributed by atoms with Gasteiger partial charge in [0.15, 0.2) is 5.65 Å². The average molecular weight is 441 g/mol. The summed E-state index contributed by atoms with van der Waals surface area (Å²) in [4.78, 5) is 4.94. The number of likely N-dealkylation sites (N-methyl/N-ethyl adjacent to an activating group) is 1. The molecule has 0 saturated carbocycles. The number of ether oxygens (including phenoxy) is 1. The van der Waals surface area contributed by atoms with E-state index in [9.17, 15) is 5.11 Å². The van der Waals surface area contributed by atoms with Crippen molar-refractivity contribution >= 4 is 16.7 Å². The Balaban J connectivity index is 1.88. The normalized spacial score (nSPS) is 12.4. The summed E-state index contributed by atoms with van der Waals surface area (Å²) < 4.78 is 7.74. The van der Waals surface area contributed by atoms with Crippen LogP contribution in [0.15, 0.2) is 36.5 Å². The molecule has 0 fully saturated rings. The fraction of sp³-hybridized carbons (Fsp3) is 0.500. The Bertz CT molecular complexity index is 988. The zero-order chi connectivity index (χ0) is 22.9. The van der Waals surface area contributed by atoms with Gasteiger partial charge in [0.05, 0.1) is 17.3 Å². The Morgan fingerprint density at radius 2 is 2.03 bits per heavy atom. The summed E-state index contributed by atoms with van der Waals surface area (Å²) in [6.45, 7) is 6.52. The van der Waals surface area contributed by atoms with E-state index in [0.717, 1.165) is 60.3 Å². The summed E-state index contributed by atoms with van der Waals surface area (Å²) in [6, 6.07) is 10.1. The minimum absolute atomic E-state index is 0.205. The standard InChI is InChI=1S/C24H36N6O2/c1-17(2)30-24-21(15-28-30)23(27-11-6-4-5-10-25)13-22(29-24)18-8-7-9-20(12-18)32-16-19(31)14-26-3/h7-9,12-13,15,17,19,26,31H,4-6,10-11,14,16,25H2,1-3H3,(H,27,29). The van der Waals surface area contributed by atoms with E-state index in [1.165, 1.54) is 0 Å². The zero-order valence-electron chi connectivity index (χ0n) is 19.3. The summed E-state index contributed by atoms with van der Waals surface area (Å²) in [7, 11) is 1.80. The third kappa shape index (κ3) is 6.18. The summed E-state index contributed by atoms with van der Waals surface area (Å²) in [6.07, 6.45) is 4.53. The van der Waals surface area contributed by atoms with Crippen LogP contribution < -0.4 is 21.1 Å². The molecule has 0 radical (unpaired) electrons. The number of unbranched alkanes of at least 4 members (excludes halogenated alkanes) is 2. The number of aliphatic hydroxyl groups excluding tert-OH is 1. The SMILES string of the molecule is CNCC(O)COc1cccc(-c2cc(NCCCCCN)c3cnn(C(C)C)c3n2)c1. The molecule has 8 nitrogen and oxygen atoms in total. The minimum atomic E-state index is -0.561. The molecule has 1 unspecified atom stereocenters. The van der Waals surface area contributed by atoms with Crippen LogP contribution in [0.1, 0.15) is 39.2 Å². The Hall–Kier alpha value is -2.68. The first-order chi connectivity index (χ1) is 15.5. The van der Waals surface area contributed by atoms with Gasteiger partial charge >= 0.3 is 0 Å². The highest BCUT2D eigenvalue weighted by molar-refractivity contribution is 5.91. The number of nitrogens with two attached hydrogens (primary N) is 1. The first kappa shape index (κ1) is 24.0. The monoisotopic (exact) mass is 440 g/mol. The van der Waals surface area contributed by atoms with E-state index in [1.54, 1.807) is 7.05 Å². The number of nitrogens with zero attached hydrogens (tertiary/aromatic N) is 3. The van der Waals surface area contributed by atoms with Gasteiger partial charge in [-0.05, 0) is 58.5 Å². The maximum absolute atomic E-state index is 9.92. The predicted molar refractivity (Wildman–Crippen MR) is 130 cm³/mol. The molecule has 5 N–H and O–H groups in total. The molecule has 2 heterocycles. The maximum Gasteiger partial charge on any atom is 0.160 e. The fourth-order valence-electron chi connectivity index (χ4n) is 3.59. The largest absolute Gasteiger partial charge is 0.491 e. The molecule has 8 heteroatoms.